The summed E-state index contributed by atoms with van der Waals surface area (Å²) in [7, 11) is 0. The van der Waals surface area contributed by atoms with E-state index in [0.29, 0.717) is 18.1 Å². The van der Waals surface area contributed by atoms with Crippen molar-refractivity contribution >= 4 is 21.7 Å². The van der Waals surface area contributed by atoms with Crippen molar-refractivity contribution in [3.63, 3.8) is 0 Å². The lowest BCUT2D eigenvalue weighted by Gasteiger charge is -2.24. The molecule has 18 heavy (non-hydrogen) atoms. The van der Waals surface area contributed by atoms with Crippen molar-refractivity contribution in [3.8, 4) is 5.75 Å². The van der Waals surface area contributed by atoms with Crippen molar-refractivity contribution in [1.29, 1.82) is 0 Å². The average molecular weight is 309 g/mol. The molecule has 0 N–H and O–H groups in total. The smallest absolute Gasteiger partial charge is 0.137 e. The number of ketones is 1. The number of hydrogen-bond acceptors (Lipinski definition) is 2. The maximum Gasteiger partial charge on any atom is 0.137 e. The fourth-order valence-corrected chi connectivity index (χ4v) is 3.33. The molecular weight excluding hydrogens is 292 g/mol. The zero-order chi connectivity index (χ0) is 12.5. The molecule has 1 aromatic carbocycles. The summed E-state index contributed by atoms with van der Waals surface area (Å²) < 4.78 is 6.71. The molecule has 96 valence electrons. The van der Waals surface area contributed by atoms with E-state index in [-0.39, 0.29) is 0 Å². The highest BCUT2D eigenvalue weighted by Crippen LogP contribution is 2.35. The van der Waals surface area contributed by atoms with Crippen LogP contribution < -0.4 is 4.74 Å². The summed E-state index contributed by atoms with van der Waals surface area (Å²) in [6.45, 7) is 0.746. The second-order valence-electron chi connectivity index (χ2n) is 5.37. The molecule has 1 saturated carbocycles. The van der Waals surface area contributed by atoms with Gasteiger partial charge >= 0.3 is 0 Å². The molecule has 0 radical (unpaired) electrons. The lowest BCUT2D eigenvalue weighted by molar-refractivity contribution is -0.119. The topological polar surface area (TPSA) is 26.3 Å². The minimum atomic E-state index is 0.357. The van der Waals surface area contributed by atoms with Crippen LogP contribution in [-0.2, 0) is 17.6 Å². The van der Waals surface area contributed by atoms with E-state index in [4.69, 9.17) is 4.74 Å². The van der Waals surface area contributed by atoms with E-state index in [9.17, 15) is 4.79 Å². The molecule has 1 fully saturated rings. The second-order valence-corrected chi connectivity index (χ2v) is 6.28. The zero-order valence-electron chi connectivity index (χ0n) is 10.4. The Hall–Kier alpha value is -0.830. The molecule has 1 heterocycles. The van der Waals surface area contributed by atoms with Crippen molar-refractivity contribution in [1.82, 2.24) is 0 Å². The number of carbonyl (C=O) groups excluding carboxylic acids is 1. The molecule has 0 spiro atoms. The van der Waals surface area contributed by atoms with E-state index < -0.39 is 0 Å². The number of carbonyl (C=O) groups is 1. The molecule has 0 amide bonds. The number of Topliss-reactive ketones (excluding diaryl/α,β-unsaturated/α-hetero) is 1. The Kier molecular flexibility index (Phi) is 3.42. The van der Waals surface area contributed by atoms with Crippen molar-refractivity contribution in [2.24, 2.45) is 5.92 Å². The molecule has 3 rings (SSSR count). The number of benzene rings is 1. The molecule has 1 aliphatic carbocycles. The molecular formula is C15H17BrO2. The minimum absolute atomic E-state index is 0.357. The van der Waals surface area contributed by atoms with E-state index >= 15 is 0 Å². The third-order valence-corrected chi connectivity index (χ3v) is 4.41. The molecule has 3 heteroatoms. The number of fused-ring (bicyclic) bond motifs is 1. The summed E-state index contributed by atoms with van der Waals surface area (Å²) in [5.41, 5.74) is 2.29. The van der Waals surface area contributed by atoms with Crippen LogP contribution >= 0.6 is 15.9 Å². The monoisotopic (exact) mass is 308 g/mol. The van der Waals surface area contributed by atoms with Gasteiger partial charge in [-0.05, 0) is 23.6 Å². The molecule has 0 unspecified atom stereocenters. The summed E-state index contributed by atoms with van der Waals surface area (Å²) in [6.07, 6.45) is 6.00. The number of hydrogen-bond donors (Lipinski definition) is 0. The van der Waals surface area contributed by atoms with Crippen LogP contribution in [0.3, 0.4) is 0 Å². The average Bonchev–Trinajstić information content (AvgIpc) is 2.71. The van der Waals surface area contributed by atoms with Gasteiger partial charge in [0.25, 0.3) is 0 Å². The van der Waals surface area contributed by atoms with Gasteiger partial charge in [-0.2, -0.15) is 0 Å². The molecule has 0 atom stereocenters. The van der Waals surface area contributed by atoms with Crippen LogP contribution in [-0.4, -0.2) is 12.4 Å². The lowest BCUT2D eigenvalue weighted by Crippen LogP contribution is -2.17. The molecule has 1 aromatic rings. The van der Waals surface area contributed by atoms with Gasteiger partial charge in [0.1, 0.15) is 11.5 Å². The fourth-order valence-electron chi connectivity index (χ4n) is 2.78. The number of ether oxygens (including phenoxy) is 1. The van der Waals surface area contributed by atoms with Gasteiger partial charge in [-0.25, -0.2) is 0 Å². The van der Waals surface area contributed by atoms with E-state index in [2.05, 4.69) is 22.0 Å². The SMILES string of the molecule is O=C(Cc1cc(Br)cc2c1OCC2)CC1CCC1. The maximum atomic E-state index is 12.1. The van der Waals surface area contributed by atoms with Gasteiger partial charge in [0.2, 0.25) is 0 Å². The molecule has 0 saturated heterocycles. The predicted molar refractivity (Wildman–Crippen MR) is 74.0 cm³/mol. The van der Waals surface area contributed by atoms with Crippen LogP contribution in [0.25, 0.3) is 0 Å². The third kappa shape index (κ3) is 2.46. The Labute approximate surface area is 116 Å². The van der Waals surface area contributed by atoms with E-state index in [1.54, 1.807) is 0 Å². The molecule has 0 bridgehead atoms. The molecule has 0 aromatic heterocycles. The Morgan fingerprint density at radius 1 is 1.39 bits per heavy atom. The van der Waals surface area contributed by atoms with Gasteiger partial charge in [0.15, 0.2) is 0 Å². The minimum Gasteiger partial charge on any atom is -0.493 e. The van der Waals surface area contributed by atoms with Gasteiger partial charge in [-0.15, -0.1) is 0 Å². The quantitative estimate of drug-likeness (QED) is 0.848. The van der Waals surface area contributed by atoms with Gasteiger partial charge in [0.05, 0.1) is 6.61 Å². The summed E-state index contributed by atoms with van der Waals surface area (Å²) in [5.74, 6) is 1.97. The molecule has 2 aliphatic rings. The highest BCUT2D eigenvalue weighted by Gasteiger charge is 2.23. The van der Waals surface area contributed by atoms with Crippen LogP contribution in [0.15, 0.2) is 16.6 Å². The summed E-state index contributed by atoms with van der Waals surface area (Å²) >= 11 is 3.51. The van der Waals surface area contributed by atoms with Gasteiger partial charge in [-0.1, -0.05) is 35.2 Å². The highest BCUT2D eigenvalue weighted by molar-refractivity contribution is 9.10. The standard InChI is InChI=1S/C15H17BrO2/c16-13-7-11-4-5-18-15(11)12(8-13)9-14(17)6-10-2-1-3-10/h7-8,10H,1-6,9H2. The lowest BCUT2D eigenvalue weighted by atomic mass is 9.81. The van der Waals surface area contributed by atoms with Crippen molar-refractivity contribution in [3.05, 3.63) is 27.7 Å². The van der Waals surface area contributed by atoms with Gasteiger partial charge in [-0.3, -0.25) is 4.79 Å². The Bertz CT molecular complexity index is 478. The van der Waals surface area contributed by atoms with E-state index in [1.807, 2.05) is 6.07 Å². The van der Waals surface area contributed by atoms with Gasteiger partial charge < -0.3 is 4.74 Å². The third-order valence-electron chi connectivity index (χ3n) is 3.95. The van der Waals surface area contributed by atoms with E-state index in [1.165, 1.54) is 24.8 Å². The molecule has 2 nitrogen and oxygen atoms in total. The van der Waals surface area contributed by atoms with Gasteiger partial charge in [0, 0.05) is 29.3 Å². The zero-order valence-corrected chi connectivity index (χ0v) is 12.0. The van der Waals surface area contributed by atoms with Crippen LogP contribution in [0.2, 0.25) is 0 Å². The van der Waals surface area contributed by atoms with Crippen LogP contribution in [0, 0.1) is 5.92 Å². The normalized spacial score (nSPS) is 18.1. The second kappa shape index (κ2) is 5.04. The summed E-state index contributed by atoms with van der Waals surface area (Å²) in [6, 6.07) is 4.13. The maximum absolute atomic E-state index is 12.1. The van der Waals surface area contributed by atoms with E-state index in [0.717, 1.165) is 35.2 Å². The van der Waals surface area contributed by atoms with Crippen molar-refractivity contribution in [2.45, 2.75) is 38.5 Å². The molecule has 1 aliphatic heterocycles. The van der Waals surface area contributed by atoms with Crippen LogP contribution in [0.1, 0.15) is 36.8 Å². The first kappa shape index (κ1) is 12.2. The Balaban J connectivity index is 1.73. The highest BCUT2D eigenvalue weighted by atomic mass is 79.9. The first-order chi connectivity index (χ1) is 8.72. The fraction of sp³-hybridized carbons (Fsp3) is 0.533. The van der Waals surface area contributed by atoms with Crippen molar-refractivity contribution < 1.29 is 9.53 Å². The van der Waals surface area contributed by atoms with Crippen LogP contribution in [0.4, 0.5) is 0 Å². The summed E-state index contributed by atoms with van der Waals surface area (Å²) in [5, 5.41) is 0. The number of rotatable bonds is 4. The first-order valence-electron chi connectivity index (χ1n) is 6.68. The number of halogens is 1. The first-order valence-corrected chi connectivity index (χ1v) is 7.47. The van der Waals surface area contributed by atoms with Crippen molar-refractivity contribution in [2.75, 3.05) is 6.61 Å². The predicted octanol–water partition coefficient (Wildman–Crippen LogP) is 3.69. The van der Waals surface area contributed by atoms with Crippen LogP contribution in [0.5, 0.6) is 5.75 Å². The summed E-state index contributed by atoms with van der Waals surface area (Å²) in [4.78, 5) is 12.1. The Morgan fingerprint density at radius 3 is 2.94 bits per heavy atom. The largest absolute Gasteiger partial charge is 0.493 e. The Morgan fingerprint density at radius 2 is 2.22 bits per heavy atom.